The molecule has 2 aromatic carbocycles. The maximum atomic E-state index is 14.2. The number of halogens is 3. The van der Waals surface area contributed by atoms with Crippen LogP contribution in [0, 0.1) is 12.7 Å². The summed E-state index contributed by atoms with van der Waals surface area (Å²) in [5.41, 5.74) is -1.82. The zero-order valence-corrected chi connectivity index (χ0v) is 26.0. The number of ether oxygens (including phenoxy) is 2. The molecule has 0 aliphatic rings. The molecule has 0 bridgehead atoms. The number of carbonyl (C=O) groups is 1. The molecule has 0 heterocycles. The van der Waals surface area contributed by atoms with E-state index >= 15 is 0 Å². The van der Waals surface area contributed by atoms with Gasteiger partial charge in [0, 0.05) is 11.1 Å². The summed E-state index contributed by atoms with van der Waals surface area (Å²) >= 11 is 0. The summed E-state index contributed by atoms with van der Waals surface area (Å²) in [4.78, 5) is 17.1. The number of amides is 1. The lowest BCUT2D eigenvalue weighted by Crippen LogP contribution is -2.49. The van der Waals surface area contributed by atoms with Crippen molar-refractivity contribution in [2.24, 2.45) is 4.99 Å². The van der Waals surface area contributed by atoms with Crippen LogP contribution >= 0.6 is 0 Å². The molecule has 1 amide bonds. The molecule has 0 saturated heterocycles. The second kappa shape index (κ2) is 18.7. The molecule has 10 heteroatoms. The molecule has 42 heavy (non-hydrogen) atoms. The minimum absolute atomic E-state index is 0.000365. The van der Waals surface area contributed by atoms with Crippen molar-refractivity contribution in [3.05, 3.63) is 82.8 Å². The van der Waals surface area contributed by atoms with Gasteiger partial charge in [0.25, 0.3) is 12.3 Å². The number of carbonyl (C=O) groups excluding carboxylic acids is 1. The van der Waals surface area contributed by atoms with E-state index < -0.39 is 42.1 Å². The predicted molar refractivity (Wildman–Crippen MR) is 162 cm³/mol. The molecule has 2 unspecified atom stereocenters. The van der Waals surface area contributed by atoms with Gasteiger partial charge in [-0.1, -0.05) is 40.3 Å². The van der Waals surface area contributed by atoms with Crippen LogP contribution in [0.1, 0.15) is 70.0 Å². The van der Waals surface area contributed by atoms with E-state index in [9.17, 15) is 28.2 Å². The van der Waals surface area contributed by atoms with E-state index in [-0.39, 0.29) is 29.4 Å². The third kappa shape index (κ3) is 10.6. The number of nitrogens with one attached hydrogen (secondary N) is 1. The minimum atomic E-state index is -3.31. The molecule has 0 aromatic heterocycles. The van der Waals surface area contributed by atoms with E-state index in [1.165, 1.54) is 56.5 Å². The molecule has 2 rings (SSSR count). The summed E-state index contributed by atoms with van der Waals surface area (Å²) in [6.07, 6.45) is -2.82. The Morgan fingerprint density at radius 2 is 1.71 bits per heavy atom. The predicted octanol–water partition coefficient (Wildman–Crippen LogP) is 6.65. The first kappa shape index (κ1) is 38.4. The van der Waals surface area contributed by atoms with Gasteiger partial charge in [0.15, 0.2) is 17.1 Å². The first-order chi connectivity index (χ1) is 19.8. The Kier molecular flexibility index (Phi) is 17.1. The van der Waals surface area contributed by atoms with Gasteiger partial charge >= 0.3 is 0 Å². The van der Waals surface area contributed by atoms with Crippen LogP contribution in [0.3, 0.4) is 0 Å². The number of hydrogen-bond donors (Lipinski definition) is 3. The molecule has 2 aromatic rings. The molecule has 0 fully saturated rings. The lowest BCUT2D eigenvalue weighted by molar-refractivity contribution is -0.0673. The molecule has 2 atom stereocenters. The number of aliphatic imine (C=N–C) groups is 1. The Morgan fingerprint density at radius 3 is 2.19 bits per heavy atom. The highest BCUT2D eigenvalue weighted by atomic mass is 19.3. The summed E-state index contributed by atoms with van der Waals surface area (Å²) in [5, 5.41) is 22.7. The van der Waals surface area contributed by atoms with Gasteiger partial charge in [0.05, 0.1) is 31.2 Å². The molecule has 0 aliphatic carbocycles. The Bertz CT molecular complexity index is 1230. The second-order valence-electron chi connectivity index (χ2n) is 8.81. The molecule has 0 aliphatic heterocycles. The van der Waals surface area contributed by atoms with Crippen LogP contribution in [0.5, 0.6) is 11.5 Å². The van der Waals surface area contributed by atoms with Crippen LogP contribution < -0.4 is 14.8 Å². The van der Waals surface area contributed by atoms with Gasteiger partial charge < -0.3 is 25.0 Å². The van der Waals surface area contributed by atoms with E-state index in [2.05, 4.69) is 16.9 Å². The maximum absolute atomic E-state index is 14.2. The number of aryl methyl sites for hydroxylation is 1. The molecule has 7 nitrogen and oxygen atoms in total. The van der Waals surface area contributed by atoms with Crippen molar-refractivity contribution in [1.29, 1.82) is 0 Å². The first-order valence-corrected chi connectivity index (χ1v) is 13.8. The van der Waals surface area contributed by atoms with Crippen LogP contribution in [-0.2, 0) is 0 Å². The Labute approximate surface area is 247 Å². The van der Waals surface area contributed by atoms with Crippen molar-refractivity contribution >= 4 is 11.6 Å². The molecular weight excluding hydrogens is 549 g/mol. The molecule has 0 spiro atoms. The van der Waals surface area contributed by atoms with Gasteiger partial charge in [-0.2, -0.15) is 0 Å². The van der Waals surface area contributed by atoms with E-state index in [1.54, 1.807) is 20.8 Å². The summed E-state index contributed by atoms with van der Waals surface area (Å²) in [6.45, 7) is 17.1. The SMILES string of the molecule is C=C(C)C(=N/C(=C\C)C(O)(CNC(=O)c1ccc(OCC(C)O)c(OC)c1)C(F)F)c1ccc(F)c(C)c1.CC.CC. The summed E-state index contributed by atoms with van der Waals surface area (Å²) in [6, 6.07) is 8.35. The summed E-state index contributed by atoms with van der Waals surface area (Å²) in [7, 11) is 1.36. The smallest absolute Gasteiger partial charge is 0.274 e. The zero-order chi connectivity index (χ0) is 32.6. The van der Waals surface area contributed by atoms with Crippen LogP contribution in [-0.4, -0.2) is 60.2 Å². The van der Waals surface area contributed by atoms with Crippen LogP contribution in [0.25, 0.3) is 0 Å². The fourth-order valence-electron chi connectivity index (χ4n) is 3.47. The topological polar surface area (TPSA) is 100 Å². The Morgan fingerprint density at radius 1 is 1.12 bits per heavy atom. The Balaban J connectivity index is 0.00000402. The van der Waals surface area contributed by atoms with Gasteiger partial charge in [-0.3, -0.25) is 4.79 Å². The first-order valence-electron chi connectivity index (χ1n) is 13.8. The van der Waals surface area contributed by atoms with Gasteiger partial charge in [-0.05, 0) is 75.2 Å². The second-order valence-corrected chi connectivity index (χ2v) is 8.81. The Hall–Kier alpha value is -3.63. The number of alkyl halides is 2. The van der Waals surface area contributed by atoms with Crippen molar-refractivity contribution in [2.45, 2.75) is 73.5 Å². The number of aliphatic hydroxyl groups is 2. The molecule has 3 N–H and O–H groups in total. The van der Waals surface area contributed by atoms with Gasteiger partial charge in [0.2, 0.25) is 0 Å². The third-order valence-corrected chi connectivity index (χ3v) is 5.57. The highest BCUT2D eigenvalue weighted by Crippen LogP contribution is 2.30. The van der Waals surface area contributed by atoms with E-state index in [1.807, 2.05) is 27.7 Å². The van der Waals surface area contributed by atoms with E-state index in [0.717, 1.165) is 0 Å². The molecule has 0 saturated carbocycles. The average Bonchev–Trinajstić information content (AvgIpc) is 2.98. The minimum Gasteiger partial charge on any atom is -0.493 e. The standard InChI is InChI=1S/C28H33F3N2O5.2C2H6/c1-7-24(33-25(16(2)3)19-8-10-21(29)17(4)12-19)28(36,27(30)31)15-32-26(35)20-9-11-22(23(13-20)37-6)38-14-18(5)34;2*1-2/h7-13,18,27,34,36H,2,14-15H2,1,3-6H3,(H,32,35);2*1-2H3/b24-7-,33-25?;;. The highest BCUT2D eigenvalue weighted by Gasteiger charge is 2.42. The number of methoxy groups -OCH3 is 1. The lowest BCUT2D eigenvalue weighted by Gasteiger charge is -2.28. The van der Waals surface area contributed by atoms with Crippen molar-refractivity contribution < 1.29 is 37.7 Å². The quantitative estimate of drug-likeness (QED) is 0.239. The fourth-order valence-corrected chi connectivity index (χ4v) is 3.47. The number of nitrogens with zero attached hydrogens (tertiary/aromatic N) is 1. The molecule has 0 radical (unpaired) electrons. The van der Waals surface area contributed by atoms with Gasteiger partial charge in [0.1, 0.15) is 12.4 Å². The number of hydrogen-bond acceptors (Lipinski definition) is 6. The summed E-state index contributed by atoms with van der Waals surface area (Å²) in [5.74, 6) is -0.713. The zero-order valence-electron chi connectivity index (χ0n) is 26.0. The molecular formula is C32H45F3N2O5. The normalized spacial score (nSPS) is 13.5. The number of benzene rings is 2. The number of aliphatic hydroxyl groups excluding tert-OH is 1. The largest absolute Gasteiger partial charge is 0.493 e. The lowest BCUT2D eigenvalue weighted by atomic mass is 9.97. The summed E-state index contributed by atoms with van der Waals surface area (Å²) < 4.78 is 52.9. The highest BCUT2D eigenvalue weighted by molar-refractivity contribution is 6.12. The van der Waals surface area contributed by atoms with Gasteiger partial charge in [-0.25, -0.2) is 18.2 Å². The maximum Gasteiger partial charge on any atom is 0.274 e. The van der Waals surface area contributed by atoms with E-state index in [4.69, 9.17) is 9.47 Å². The van der Waals surface area contributed by atoms with Crippen molar-refractivity contribution in [2.75, 3.05) is 20.3 Å². The van der Waals surface area contributed by atoms with Crippen molar-refractivity contribution in [3.63, 3.8) is 0 Å². The van der Waals surface area contributed by atoms with Crippen LogP contribution in [0.4, 0.5) is 13.2 Å². The van der Waals surface area contributed by atoms with Crippen LogP contribution in [0.2, 0.25) is 0 Å². The average molecular weight is 595 g/mol. The monoisotopic (exact) mass is 594 g/mol. The van der Waals surface area contributed by atoms with Crippen molar-refractivity contribution in [3.8, 4) is 11.5 Å². The number of rotatable bonds is 12. The fraction of sp³-hybridized carbons (Fsp3) is 0.438. The van der Waals surface area contributed by atoms with Crippen LogP contribution in [0.15, 0.2) is 65.3 Å². The van der Waals surface area contributed by atoms with E-state index in [0.29, 0.717) is 16.7 Å². The van der Waals surface area contributed by atoms with Crippen molar-refractivity contribution in [1.82, 2.24) is 5.32 Å². The van der Waals surface area contributed by atoms with Gasteiger partial charge in [-0.15, -0.1) is 0 Å². The number of allylic oxidation sites excluding steroid dienone is 2. The third-order valence-electron chi connectivity index (χ3n) is 5.57. The molecule has 234 valence electrons.